The number of carbonyl (C=O) groups is 1. The molecule has 3 aliphatic rings. The van der Waals surface area contributed by atoms with Crippen molar-refractivity contribution >= 4 is 15.9 Å². The van der Waals surface area contributed by atoms with Crippen molar-refractivity contribution in [2.45, 2.75) is 38.1 Å². The van der Waals surface area contributed by atoms with Crippen molar-refractivity contribution in [1.29, 1.82) is 0 Å². The van der Waals surface area contributed by atoms with Crippen LogP contribution in [0.1, 0.15) is 32.1 Å². The number of ether oxygens (including phenoxy) is 1. The number of sulfonamides is 1. The highest BCUT2D eigenvalue weighted by Gasteiger charge is 2.39. The summed E-state index contributed by atoms with van der Waals surface area (Å²) in [6.07, 6.45) is 5.81. The molecule has 0 aromatic rings. The summed E-state index contributed by atoms with van der Waals surface area (Å²) in [5, 5.41) is 0. The molecule has 1 aliphatic carbocycles. The summed E-state index contributed by atoms with van der Waals surface area (Å²) in [4.78, 5) is 14.9. The van der Waals surface area contributed by atoms with Gasteiger partial charge in [-0.2, -0.15) is 0 Å². The first-order valence-corrected chi connectivity index (χ1v) is 10.1. The Morgan fingerprint density at radius 1 is 1.18 bits per heavy atom. The highest BCUT2D eigenvalue weighted by Crippen LogP contribution is 2.32. The lowest BCUT2D eigenvalue weighted by molar-refractivity contribution is -0.138. The van der Waals surface area contributed by atoms with E-state index in [9.17, 15) is 13.2 Å². The molecular formula is C15H26N2O4S. The van der Waals surface area contributed by atoms with Gasteiger partial charge in [0.05, 0.1) is 12.9 Å². The Morgan fingerprint density at radius 2 is 1.86 bits per heavy atom. The zero-order valence-corrected chi connectivity index (χ0v) is 14.1. The predicted molar refractivity (Wildman–Crippen MR) is 82.8 cm³/mol. The molecule has 0 N–H and O–H groups in total. The fourth-order valence-electron chi connectivity index (χ4n) is 3.48. The Hall–Kier alpha value is -0.660. The van der Waals surface area contributed by atoms with E-state index in [4.69, 9.17) is 4.74 Å². The monoisotopic (exact) mass is 330 g/mol. The smallest absolute Gasteiger partial charge is 0.226 e. The minimum atomic E-state index is -3.13. The van der Waals surface area contributed by atoms with Gasteiger partial charge in [-0.15, -0.1) is 0 Å². The topological polar surface area (TPSA) is 66.9 Å². The average molecular weight is 330 g/mol. The van der Waals surface area contributed by atoms with Crippen LogP contribution in [0.25, 0.3) is 0 Å². The van der Waals surface area contributed by atoms with E-state index in [0.717, 1.165) is 39.0 Å². The van der Waals surface area contributed by atoms with Crippen molar-refractivity contribution in [3.05, 3.63) is 0 Å². The van der Waals surface area contributed by atoms with Crippen LogP contribution in [0.2, 0.25) is 0 Å². The normalized spacial score (nSPS) is 28.0. The van der Waals surface area contributed by atoms with Crippen LogP contribution in [0.15, 0.2) is 0 Å². The van der Waals surface area contributed by atoms with Crippen LogP contribution in [0.5, 0.6) is 0 Å². The Balaban J connectivity index is 1.57. The van der Waals surface area contributed by atoms with Gasteiger partial charge in [0.1, 0.15) is 0 Å². The van der Waals surface area contributed by atoms with E-state index in [1.807, 2.05) is 0 Å². The molecule has 2 aliphatic heterocycles. The lowest BCUT2D eigenvalue weighted by atomic mass is 9.95. The molecule has 1 atom stereocenters. The van der Waals surface area contributed by atoms with E-state index >= 15 is 0 Å². The number of hydrogen-bond donors (Lipinski definition) is 0. The van der Waals surface area contributed by atoms with Crippen molar-refractivity contribution in [2.75, 3.05) is 39.1 Å². The largest absolute Gasteiger partial charge is 0.381 e. The molecule has 0 bridgehead atoms. The quantitative estimate of drug-likeness (QED) is 0.744. The fourth-order valence-corrected chi connectivity index (χ4v) is 4.35. The average Bonchev–Trinajstić information content (AvgIpc) is 3.20. The van der Waals surface area contributed by atoms with Crippen molar-refractivity contribution in [3.8, 4) is 0 Å². The number of piperidine rings is 1. The maximum atomic E-state index is 12.8. The molecule has 0 spiro atoms. The molecule has 0 radical (unpaired) electrons. The summed E-state index contributed by atoms with van der Waals surface area (Å²) >= 11 is 0. The molecule has 7 heteroatoms. The first-order chi connectivity index (χ1) is 10.4. The van der Waals surface area contributed by atoms with Crippen LogP contribution in [0.3, 0.4) is 0 Å². The summed E-state index contributed by atoms with van der Waals surface area (Å²) in [5.41, 5.74) is 0. The molecule has 0 aromatic heterocycles. The number of rotatable bonds is 5. The van der Waals surface area contributed by atoms with Crippen LogP contribution < -0.4 is 0 Å². The van der Waals surface area contributed by atoms with Gasteiger partial charge in [0, 0.05) is 44.1 Å². The third-order valence-corrected chi connectivity index (χ3v) is 6.32. The highest BCUT2D eigenvalue weighted by atomic mass is 32.2. The van der Waals surface area contributed by atoms with Gasteiger partial charge in [0.25, 0.3) is 0 Å². The Bertz CT molecular complexity index is 504. The van der Waals surface area contributed by atoms with E-state index in [-0.39, 0.29) is 11.8 Å². The van der Waals surface area contributed by atoms with Gasteiger partial charge in [0.2, 0.25) is 15.9 Å². The van der Waals surface area contributed by atoms with Gasteiger partial charge >= 0.3 is 0 Å². The van der Waals surface area contributed by atoms with Crippen LogP contribution in [0, 0.1) is 11.8 Å². The Labute approximate surface area is 132 Å². The molecule has 126 valence electrons. The minimum Gasteiger partial charge on any atom is -0.381 e. The number of carbonyl (C=O) groups excluding carboxylic acids is 1. The zero-order chi connectivity index (χ0) is 15.7. The number of amides is 1. The van der Waals surface area contributed by atoms with Crippen LogP contribution in [0.4, 0.5) is 0 Å². The van der Waals surface area contributed by atoms with Crippen molar-refractivity contribution in [3.63, 3.8) is 0 Å². The molecule has 1 saturated carbocycles. The van der Waals surface area contributed by atoms with Crippen molar-refractivity contribution < 1.29 is 17.9 Å². The number of hydrogen-bond acceptors (Lipinski definition) is 4. The van der Waals surface area contributed by atoms with Gasteiger partial charge in [0.15, 0.2) is 0 Å². The van der Waals surface area contributed by atoms with Crippen LogP contribution >= 0.6 is 0 Å². The molecule has 2 saturated heterocycles. The molecule has 3 fully saturated rings. The molecule has 22 heavy (non-hydrogen) atoms. The van der Waals surface area contributed by atoms with Crippen LogP contribution in [-0.2, 0) is 19.6 Å². The minimum absolute atomic E-state index is 0.0130. The summed E-state index contributed by atoms with van der Waals surface area (Å²) < 4.78 is 30.0. The SMILES string of the molecule is CS(=O)(=O)N1CCC(C(=O)N(C[C@@H]2CCOC2)C2CC2)CC1. The van der Waals surface area contributed by atoms with Crippen molar-refractivity contribution in [2.24, 2.45) is 11.8 Å². The molecule has 0 aromatic carbocycles. The molecule has 6 nitrogen and oxygen atoms in total. The maximum Gasteiger partial charge on any atom is 0.226 e. The molecule has 1 amide bonds. The summed E-state index contributed by atoms with van der Waals surface area (Å²) in [7, 11) is -3.13. The molecule has 0 unspecified atom stereocenters. The molecule has 2 heterocycles. The predicted octanol–water partition coefficient (Wildman–Crippen LogP) is 0.686. The van der Waals surface area contributed by atoms with Crippen LogP contribution in [-0.4, -0.2) is 68.7 Å². The number of nitrogens with zero attached hydrogens (tertiary/aromatic N) is 2. The Morgan fingerprint density at radius 3 is 2.36 bits per heavy atom. The summed E-state index contributed by atoms with van der Waals surface area (Å²) in [5.74, 6) is 0.698. The second kappa shape index (κ2) is 6.45. The van der Waals surface area contributed by atoms with E-state index < -0.39 is 10.0 Å². The first-order valence-electron chi connectivity index (χ1n) is 8.28. The van der Waals surface area contributed by atoms with Gasteiger partial charge in [-0.1, -0.05) is 0 Å². The third kappa shape index (κ3) is 3.81. The van der Waals surface area contributed by atoms with Gasteiger partial charge < -0.3 is 9.64 Å². The molecule has 3 rings (SSSR count). The highest BCUT2D eigenvalue weighted by molar-refractivity contribution is 7.88. The lowest BCUT2D eigenvalue weighted by Crippen LogP contribution is -2.46. The fraction of sp³-hybridized carbons (Fsp3) is 0.933. The third-order valence-electron chi connectivity index (χ3n) is 5.02. The maximum absolute atomic E-state index is 12.8. The second-order valence-corrected chi connectivity index (χ2v) is 8.87. The first kappa shape index (κ1) is 16.2. The van der Waals surface area contributed by atoms with Gasteiger partial charge in [-0.05, 0) is 32.1 Å². The lowest BCUT2D eigenvalue weighted by Gasteiger charge is -2.34. The van der Waals surface area contributed by atoms with Gasteiger partial charge in [-0.3, -0.25) is 4.79 Å². The van der Waals surface area contributed by atoms with E-state index in [1.54, 1.807) is 0 Å². The standard InChI is InChI=1S/C15H26N2O4S/c1-22(19,20)16-7-4-13(5-8-16)15(18)17(14-2-3-14)10-12-6-9-21-11-12/h12-14H,2-11H2,1H3/t12-/m0/s1. The van der Waals surface area contributed by atoms with E-state index in [2.05, 4.69) is 4.90 Å². The van der Waals surface area contributed by atoms with E-state index in [1.165, 1.54) is 10.6 Å². The van der Waals surface area contributed by atoms with Crippen molar-refractivity contribution in [1.82, 2.24) is 9.21 Å². The molecular weight excluding hydrogens is 304 g/mol. The Kier molecular flexibility index (Phi) is 4.75. The van der Waals surface area contributed by atoms with Gasteiger partial charge in [-0.25, -0.2) is 12.7 Å². The summed E-state index contributed by atoms with van der Waals surface area (Å²) in [6, 6.07) is 0.418. The zero-order valence-electron chi connectivity index (χ0n) is 13.2. The summed E-state index contributed by atoms with van der Waals surface area (Å²) in [6.45, 7) is 3.34. The second-order valence-electron chi connectivity index (χ2n) is 6.89. The van der Waals surface area contributed by atoms with E-state index in [0.29, 0.717) is 37.9 Å².